The van der Waals surface area contributed by atoms with E-state index < -0.39 is 10.0 Å². The second-order valence-corrected chi connectivity index (χ2v) is 7.79. The normalized spacial score (nSPS) is 24.6. The number of sulfonamides is 1. The Morgan fingerprint density at radius 3 is 2.35 bits per heavy atom. The molecule has 1 aromatic carbocycles. The van der Waals surface area contributed by atoms with Gasteiger partial charge in [-0.3, -0.25) is 4.79 Å². The van der Waals surface area contributed by atoms with Gasteiger partial charge in [0.05, 0.1) is 4.90 Å². The average Bonchev–Trinajstić information content (AvgIpc) is 2.37. The van der Waals surface area contributed by atoms with Crippen molar-refractivity contribution in [2.75, 3.05) is 13.1 Å². The SMILES string of the molecule is CC(=O)c1cccc(S(=O)(=O)N2CC(C)CC(C)C2)c1. The van der Waals surface area contributed by atoms with Crippen molar-refractivity contribution >= 4 is 15.8 Å². The van der Waals surface area contributed by atoms with E-state index in [0.717, 1.165) is 6.42 Å². The maximum atomic E-state index is 12.7. The number of Topliss-reactive ketones (excluding diaryl/α,β-unsaturated/α-hetero) is 1. The topological polar surface area (TPSA) is 54.5 Å². The molecule has 0 aliphatic carbocycles. The van der Waals surface area contributed by atoms with Crippen LogP contribution in [0.4, 0.5) is 0 Å². The molecule has 0 spiro atoms. The highest BCUT2D eigenvalue weighted by molar-refractivity contribution is 7.89. The van der Waals surface area contributed by atoms with Crippen molar-refractivity contribution < 1.29 is 13.2 Å². The van der Waals surface area contributed by atoms with Crippen LogP contribution < -0.4 is 0 Å². The zero-order valence-electron chi connectivity index (χ0n) is 12.2. The summed E-state index contributed by atoms with van der Waals surface area (Å²) in [6, 6.07) is 6.30. The number of hydrogen-bond acceptors (Lipinski definition) is 3. The van der Waals surface area contributed by atoms with Crippen LogP contribution in [-0.4, -0.2) is 31.6 Å². The zero-order valence-corrected chi connectivity index (χ0v) is 13.0. The molecule has 1 aromatic rings. The lowest BCUT2D eigenvalue weighted by Crippen LogP contribution is -2.42. The number of carbonyl (C=O) groups is 1. The second-order valence-electron chi connectivity index (χ2n) is 5.85. The lowest BCUT2D eigenvalue weighted by molar-refractivity contribution is 0.101. The van der Waals surface area contributed by atoms with Crippen LogP contribution in [0.25, 0.3) is 0 Å². The maximum absolute atomic E-state index is 12.7. The summed E-state index contributed by atoms with van der Waals surface area (Å²) in [5, 5.41) is 0. The molecule has 0 saturated carbocycles. The smallest absolute Gasteiger partial charge is 0.243 e. The van der Waals surface area contributed by atoms with Crippen LogP contribution in [0, 0.1) is 11.8 Å². The Morgan fingerprint density at radius 1 is 1.20 bits per heavy atom. The van der Waals surface area contributed by atoms with E-state index in [4.69, 9.17) is 0 Å². The quantitative estimate of drug-likeness (QED) is 0.805. The van der Waals surface area contributed by atoms with Gasteiger partial charge in [-0.25, -0.2) is 8.42 Å². The summed E-state index contributed by atoms with van der Waals surface area (Å²) in [6.07, 6.45) is 1.06. The summed E-state index contributed by atoms with van der Waals surface area (Å²) in [7, 11) is -3.50. The molecular weight excluding hydrogens is 274 g/mol. The molecule has 20 heavy (non-hydrogen) atoms. The van der Waals surface area contributed by atoms with Crippen molar-refractivity contribution in [3.63, 3.8) is 0 Å². The van der Waals surface area contributed by atoms with Crippen LogP contribution in [-0.2, 0) is 10.0 Å². The highest BCUT2D eigenvalue weighted by Crippen LogP contribution is 2.26. The van der Waals surface area contributed by atoms with Gasteiger partial charge in [0, 0.05) is 18.7 Å². The minimum atomic E-state index is -3.50. The van der Waals surface area contributed by atoms with Gasteiger partial charge in [-0.1, -0.05) is 26.0 Å². The Kier molecular flexibility index (Phi) is 4.30. The number of rotatable bonds is 3. The molecule has 1 aliphatic heterocycles. The first kappa shape index (κ1) is 15.2. The number of benzene rings is 1. The molecule has 110 valence electrons. The molecule has 1 fully saturated rings. The van der Waals surface area contributed by atoms with Gasteiger partial charge < -0.3 is 0 Å². The van der Waals surface area contributed by atoms with Crippen LogP contribution >= 0.6 is 0 Å². The van der Waals surface area contributed by atoms with Crippen molar-refractivity contribution in [2.45, 2.75) is 32.1 Å². The Balaban J connectivity index is 2.34. The summed E-state index contributed by atoms with van der Waals surface area (Å²) in [5.41, 5.74) is 0.434. The van der Waals surface area contributed by atoms with Gasteiger partial charge in [0.2, 0.25) is 10.0 Å². The molecule has 1 aliphatic rings. The minimum Gasteiger partial charge on any atom is -0.295 e. The first-order valence-corrected chi connectivity index (χ1v) is 8.36. The monoisotopic (exact) mass is 295 g/mol. The molecule has 0 amide bonds. The van der Waals surface area contributed by atoms with Crippen LogP contribution in [0.2, 0.25) is 0 Å². The molecule has 2 unspecified atom stereocenters. The Bertz CT molecular complexity index is 599. The molecule has 0 bridgehead atoms. The second kappa shape index (κ2) is 5.66. The molecule has 0 aromatic heterocycles. The molecule has 1 heterocycles. The zero-order chi connectivity index (χ0) is 14.9. The van der Waals surface area contributed by atoms with E-state index in [-0.39, 0.29) is 10.7 Å². The minimum absolute atomic E-state index is 0.123. The summed E-state index contributed by atoms with van der Waals surface area (Å²) in [4.78, 5) is 11.6. The van der Waals surface area contributed by atoms with Crippen LogP contribution in [0.15, 0.2) is 29.2 Å². The van der Waals surface area contributed by atoms with E-state index >= 15 is 0 Å². The maximum Gasteiger partial charge on any atom is 0.243 e. The summed E-state index contributed by atoms with van der Waals surface area (Å²) in [5.74, 6) is 0.608. The highest BCUT2D eigenvalue weighted by atomic mass is 32.2. The molecular formula is C15H21NO3S. The first-order chi connectivity index (χ1) is 9.30. The summed E-state index contributed by atoms with van der Waals surface area (Å²) < 4.78 is 26.9. The number of ketones is 1. The first-order valence-electron chi connectivity index (χ1n) is 6.92. The van der Waals surface area contributed by atoms with Gasteiger partial charge in [-0.05, 0) is 37.3 Å². The van der Waals surface area contributed by atoms with Crippen molar-refractivity contribution in [1.82, 2.24) is 4.31 Å². The van der Waals surface area contributed by atoms with E-state index in [0.29, 0.717) is 30.5 Å². The lowest BCUT2D eigenvalue weighted by Gasteiger charge is -2.34. The van der Waals surface area contributed by atoms with Gasteiger partial charge in [0.1, 0.15) is 0 Å². The van der Waals surface area contributed by atoms with Crippen molar-refractivity contribution in [2.24, 2.45) is 11.8 Å². The molecule has 1 saturated heterocycles. The predicted molar refractivity (Wildman–Crippen MR) is 78.2 cm³/mol. The van der Waals surface area contributed by atoms with Gasteiger partial charge in [0.15, 0.2) is 5.78 Å². The van der Waals surface area contributed by atoms with Crippen LogP contribution in [0.5, 0.6) is 0 Å². The van der Waals surface area contributed by atoms with Crippen molar-refractivity contribution in [1.29, 1.82) is 0 Å². The molecule has 5 heteroatoms. The fourth-order valence-electron chi connectivity index (χ4n) is 2.83. The van der Waals surface area contributed by atoms with Crippen LogP contribution in [0.3, 0.4) is 0 Å². The number of hydrogen-bond donors (Lipinski definition) is 0. The third-order valence-electron chi connectivity index (χ3n) is 3.71. The number of piperidine rings is 1. The number of nitrogens with zero attached hydrogens (tertiary/aromatic N) is 1. The fraction of sp³-hybridized carbons (Fsp3) is 0.533. The lowest BCUT2D eigenvalue weighted by atomic mass is 9.94. The van der Waals surface area contributed by atoms with E-state index in [2.05, 4.69) is 13.8 Å². The average molecular weight is 295 g/mol. The van der Waals surface area contributed by atoms with Crippen molar-refractivity contribution in [3.8, 4) is 0 Å². The Labute approximate surface area is 120 Å². The fourth-order valence-corrected chi connectivity index (χ4v) is 4.55. The number of carbonyl (C=O) groups excluding carboxylic acids is 1. The third kappa shape index (κ3) is 3.10. The predicted octanol–water partition coefficient (Wildman–Crippen LogP) is 2.56. The van der Waals surface area contributed by atoms with E-state index in [9.17, 15) is 13.2 Å². The standard InChI is InChI=1S/C15H21NO3S/c1-11-7-12(2)10-16(9-11)20(18,19)15-6-4-5-14(8-15)13(3)17/h4-6,8,11-12H,7,9-10H2,1-3H3. The van der Waals surface area contributed by atoms with Crippen LogP contribution in [0.1, 0.15) is 37.6 Å². The van der Waals surface area contributed by atoms with Gasteiger partial charge in [-0.2, -0.15) is 4.31 Å². The molecule has 0 radical (unpaired) electrons. The van der Waals surface area contributed by atoms with Gasteiger partial charge in [0.25, 0.3) is 0 Å². The van der Waals surface area contributed by atoms with E-state index in [1.165, 1.54) is 13.0 Å². The summed E-state index contributed by atoms with van der Waals surface area (Å²) in [6.45, 7) is 6.69. The molecule has 4 nitrogen and oxygen atoms in total. The van der Waals surface area contributed by atoms with Gasteiger partial charge in [-0.15, -0.1) is 0 Å². The van der Waals surface area contributed by atoms with Gasteiger partial charge >= 0.3 is 0 Å². The van der Waals surface area contributed by atoms with E-state index in [1.54, 1.807) is 22.5 Å². The Hall–Kier alpha value is -1.20. The van der Waals surface area contributed by atoms with Crippen molar-refractivity contribution in [3.05, 3.63) is 29.8 Å². The van der Waals surface area contributed by atoms with E-state index in [1.807, 2.05) is 0 Å². The Morgan fingerprint density at radius 2 is 1.80 bits per heavy atom. The summed E-state index contributed by atoms with van der Waals surface area (Å²) >= 11 is 0. The molecule has 0 N–H and O–H groups in total. The molecule has 2 rings (SSSR count). The largest absolute Gasteiger partial charge is 0.295 e. The molecule has 2 atom stereocenters. The highest BCUT2D eigenvalue weighted by Gasteiger charge is 2.31. The third-order valence-corrected chi connectivity index (χ3v) is 5.54.